The van der Waals surface area contributed by atoms with Crippen molar-refractivity contribution in [3.63, 3.8) is 0 Å². The fourth-order valence-corrected chi connectivity index (χ4v) is 2.80. The van der Waals surface area contributed by atoms with Gasteiger partial charge in [0, 0.05) is 24.4 Å². The molecule has 0 bridgehead atoms. The SMILES string of the molecule is COc1cccnc1Oc1ccc(-c2c(C)c(=O)[nH]c(=O)n2C)c(C)c1. The lowest BCUT2D eigenvalue weighted by molar-refractivity contribution is 0.369. The van der Waals surface area contributed by atoms with Crippen molar-refractivity contribution in [2.45, 2.75) is 13.8 Å². The molecule has 1 aromatic carbocycles. The summed E-state index contributed by atoms with van der Waals surface area (Å²) in [6.45, 7) is 3.58. The summed E-state index contributed by atoms with van der Waals surface area (Å²) in [5, 5.41) is 0. The average molecular weight is 353 g/mol. The molecular formula is C19H19N3O4. The van der Waals surface area contributed by atoms with Gasteiger partial charge in [0.2, 0.25) is 0 Å². The van der Waals surface area contributed by atoms with E-state index < -0.39 is 5.69 Å². The molecule has 26 heavy (non-hydrogen) atoms. The van der Waals surface area contributed by atoms with Crippen molar-refractivity contribution in [1.82, 2.24) is 14.5 Å². The van der Waals surface area contributed by atoms with Crippen LogP contribution in [0.1, 0.15) is 11.1 Å². The molecule has 0 saturated carbocycles. The van der Waals surface area contributed by atoms with E-state index in [1.165, 1.54) is 4.57 Å². The normalized spacial score (nSPS) is 10.6. The van der Waals surface area contributed by atoms with E-state index >= 15 is 0 Å². The van der Waals surface area contributed by atoms with Gasteiger partial charge in [-0.2, -0.15) is 0 Å². The van der Waals surface area contributed by atoms with Crippen LogP contribution in [0, 0.1) is 13.8 Å². The molecule has 7 heteroatoms. The first-order chi connectivity index (χ1) is 12.4. The van der Waals surface area contributed by atoms with E-state index in [-0.39, 0.29) is 5.56 Å². The molecule has 0 spiro atoms. The average Bonchev–Trinajstić information content (AvgIpc) is 2.62. The molecule has 0 saturated heterocycles. The third-order valence-corrected chi connectivity index (χ3v) is 4.18. The van der Waals surface area contributed by atoms with Crippen LogP contribution >= 0.6 is 0 Å². The van der Waals surface area contributed by atoms with E-state index in [9.17, 15) is 9.59 Å². The molecule has 0 aliphatic heterocycles. The molecule has 0 unspecified atom stereocenters. The predicted octanol–water partition coefficient (Wildman–Crippen LogP) is 2.55. The first-order valence-corrected chi connectivity index (χ1v) is 8.00. The topological polar surface area (TPSA) is 86.2 Å². The Hall–Kier alpha value is -3.35. The lowest BCUT2D eigenvalue weighted by Gasteiger charge is -2.15. The number of nitrogens with one attached hydrogen (secondary N) is 1. The second-order valence-corrected chi connectivity index (χ2v) is 5.88. The summed E-state index contributed by atoms with van der Waals surface area (Å²) in [6, 6.07) is 8.94. The summed E-state index contributed by atoms with van der Waals surface area (Å²) in [4.78, 5) is 30.4. The van der Waals surface area contributed by atoms with Gasteiger partial charge in [-0.1, -0.05) is 0 Å². The van der Waals surface area contributed by atoms with Gasteiger partial charge in [0.15, 0.2) is 5.75 Å². The minimum absolute atomic E-state index is 0.363. The molecular weight excluding hydrogens is 334 g/mol. The summed E-state index contributed by atoms with van der Waals surface area (Å²) >= 11 is 0. The maximum atomic E-state index is 12.0. The number of benzene rings is 1. The summed E-state index contributed by atoms with van der Waals surface area (Å²) in [5.41, 5.74) is 1.87. The number of nitrogens with zero attached hydrogens (tertiary/aromatic N) is 2. The van der Waals surface area contributed by atoms with Crippen molar-refractivity contribution in [3.8, 4) is 28.6 Å². The molecule has 0 atom stereocenters. The molecule has 134 valence electrons. The van der Waals surface area contributed by atoms with E-state index in [0.717, 1.165) is 11.1 Å². The molecule has 0 fully saturated rings. The molecule has 0 amide bonds. The number of aromatic amines is 1. The van der Waals surface area contributed by atoms with Gasteiger partial charge >= 0.3 is 5.69 Å². The van der Waals surface area contributed by atoms with Gasteiger partial charge in [0.25, 0.3) is 11.4 Å². The second-order valence-electron chi connectivity index (χ2n) is 5.88. The first kappa shape index (κ1) is 17.5. The Morgan fingerprint density at radius 2 is 1.92 bits per heavy atom. The van der Waals surface area contributed by atoms with E-state index in [0.29, 0.717) is 28.6 Å². The molecule has 0 radical (unpaired) electrons. The summed E-state index contributed by atoms with van der Waals surface area (Å²) in [6.07, 6.45) is 1.62. The molecule has 1 N–H and O–H groups in total. The highest BCUT2D eigenvalue weighted by molar-refractivity contribution is 5.67. The van der Waals surface area contributed by atoms with E-state index in [2.05, 4.69) is 9.97 Å². The van der Waals surface area contributed by atoms with Crippen molar-refractivity contribution >= 4 is 0 Å². The zero-order chi connectivity index (χ0) is 18.8. The number of H-pyrrole nitrogens is 1. The maximum Gasteiger partial charge on any atom is 0.328 e. The monoisotopic (exact) mass is 353 g/mol. The third kappa shape index (κ3) is 3.11. The summed E-state index contributed by atoms with van der Waals surface area (Å²) in [5.74, 6) is 1.47. The van der Waals surface area contributed by atoms with Gasteiger partial charge in [0.1, 0.15) is 5.75 Å². The molecule has 2 aromatic heterocycles. The van der Waals surface area contributed by atoms with Crippen molar-refractivity contribution in [2.24, 2.45) is 7.05 Å². The molecule has 3 aromatic rings. The standard InChI is InChI=1S/C19H19N3O4/c1-11-10-13(26-18-15(25-4)6-5-9-20-18)7-8-14(11)16-12(2)17(23)21-19(24)22(16)3/h5-10H,1-4H3,(H,21,23,24). The molecule has 7 nitrogen and oxygen atoms in total. The van der Waals surface area contributed by atoms with Crippen molar-refractivity contribution in [1.29, 1.82) is 0 Å². The lowest BCUT2D eigenvalue weighted by atomic mass is 10.0. The first-order valence-electron chi connectivity index (χ1n) is 8.00. The van der Waals surface area contributed by atoms with Crippen LogP contribution in [-0.2, 0) is 7.05 Å². The Kier molecular flexibility index (Phi) is 4.62. The highest BCUT2D eigenvalue weighted by Crippen LogP contribution is 2.32. The zero-order valence-corrected chi connectivity index (χ0v) is 15.0. The Morgan fingerprint density at radius 1 is 1.15 bits per heavy atom. The number of aromatic nitrogens is 3. The number of methoxy groups -OCH3 is 1. The fourth-order valence-electron chi connectivity index (χ4n) is 2.80. The fraction of sp³-hybridized carbons (Fsp3) is 0.211. The van der Waals surface area contributed by atoms with Crippen LogP contribution in [0.15, 0.2) is 46.1 Å². The zero-order valence-electron chi connectivity index (χ0n) is 15.0. The van der Waals surface area contributed by atoms with Crippen molar-refractivity contribution < 1.29 is 9.47 Å². The molecule has 0 aliphatic carbocycles. The van der Waals surface area contributed by atoms with Crippen LogP contribution in [0.4, 0.5) is 0 Å². The van der Waals surface area contributed by atoms with Crippen molar-refractivity contribution in [2.75, 3.05) is 7.11 Å². The van der Waals surface area contributed by atoms with Gasteiger partial charge < -0.3 is 9.47 Å². The third-order valence-electron chi connectivity index (χ3n) is 4.18. The van der Waals surface area contributed by atoms with E-state index in [1.807, 2.05) is 19.1 Å². The number of hydrogen-bond acceptors (Lipinski definition) is 5. The van der Waals surface area contributed by atoms with E-state index in [4.69, 9.17) is 9.47 Å². The number of ether oxygens (including phenoxy) is 2. The quantitative estimate of drug-likeness (QED) is 0.779. The molecule has 3 rings (SSSR count). The van der Waals surface area contributed by atoms with Crippen LogP contribution in [0.2, 0.25) is 0 Å². The van der Waals surface area contributed by atoms with Crippen molar-refractivity contribution in [3.05, 3.63) is 68.5 Å². The largest absolute Gasteiger partial charge is 0.491 e. The van der Waals surface area contributed by atoms with Gasteiger partial charge in [-0.15, -0.1) is 0 Å². The molecule has 0 aliphatic rings. The number of aryl methyl sites for hydroxylation is 1. The van der Waals surface area contributed by atoms with Crippen LogP contribution in [-0.4, -0.2) is 21.6 Å². The lowest BCUT2D eigenvalue weighted by Crippen LogP contribution is -2.31. The highest BCUT2D eigenvalue weighted by atomic mass is 16.5. The van der Waals surface area contributed by atoms with Gasteiger partial charge in [-0.05, 0) is 49.7 Å². The molecule has 2 heterocycles. The van der Waals surface area contributed by atoms with Crippen LogP contribution in [0.5, 0.6) is 17.4 Å². The second kappa shape index (κ2) is 6.87. The number of hydrogen-bond donors (Lipinski definition) is 1. The predicted molar refractivity (Wildman–Crippen MR) is 98.1 cm³/mol. The Balaban J connectivity index is 2.05. The Bertz CT molecular complexity index is 1050. The van der Waals surface area contributed by atoms with Crippen LogP contribution in [0.3, 0.4) is 0 Å². The van der Waals surface area contributed by atoms with Crippen LogP contribution < -0.4 is 20.7 Å². The minimum Gasteiger partial charge on any atom is -0.491 e. The highest BCUT2D eigenvalue weighted by Gasteiger charge is 2.14. The number of rotatable bonds is 4. The smallest absolute Gasteiger partial charge is 0.328 e. The van der Waals surface area contributed by atoms with Crippen LogP contribution in [0.25, 0.3) is 11.3 Å². The maximum absolute atomic E-state index is 12.0. The van der Waals surface area contributed by atoms with E-state index in [1.54, 1.807) is 45.5 Å². The Labute approximate surface area is 149 Å². The Morgan fingerprint density at radius 3 is 2.62 bits per heavy atom. The summed E-state index contributed by atoms with van der Waals surface area (Å²) in [7, 11) is 3.18. The minimum atomic E-state index is -0.450. The van der Waals surface area contributed by atoms with Gasteiger partial charge in [-0.25, -0.2) is 9.78 Å². The van der Waals surface area contributed by atoms with Gasteiger partial charge in [0.05, 0.1) is 12.8 Å². The summed E-state index contributed by atoms with van der Waals surface area (Å²) < 4.78 is 12.5. The van der Waals surface area contributed by atoms with Gasteiger partial charge in [-0.3, -0.25) is 14.3 Å². The number of pyridine rings is 1.